The van der Waals surface area contributed by atoms with Gasteiger partial charge in [0.1, 0.15) is 5.78 Å². The van der Waals surface area contributed by atoms with E-state index in [0.29, 0.717) is 32.5 Å². The smallest absolute Gasteiger partial charge is 0.309 e. The Balaban J connectivity index is 0.000000240. The molecule has 0 amide bonds. The highest BCUT2D eigenvalue weighted by atomic mass is 16.5. The van der Waals surface area contributed by atoms with Gasteiger partial charge in [0.2, 0.25) is 0 Å². The van der Waals surface area contributed by atoms with Gasteiger partial charge in [-0.1, -0.05) is 13.8 Å². The fraction of sp³-hybridized carbons (Fsp3) is 0.833. The first-order chi connectivity index (χ1) is 11.3. The van der Waals surface area contributed by atoms with Crippen molar-refractivity contribution in [2.24, 2.45) is 23.7 Å². The molecule has 0 aromatic rings. The van der Waals surface area contributed by atoms with E-state index in [2.05, 4.69) is 0 Å². The molecule has 0 saturated heterocycles. The minimum Gasteiger partial charge on any atom is -0.466 e. The minimum atomic E-state index is -0.311. The molecule has 0 spiro atoms. The molecule has 0 aromatic heterocycles. The van der Waals surface area contributed by atoms with Crippen LogP contribution in [0.25, 0.3) is 0 Å². The van der Waals surface area contributed by atoms with Crippen molar-refractivity contribution in [2.45, 2.75) is 59.5 Å². The summed E-state index contributed by atoms with van der Waals surface area (Å²) in [6, 6.07) is 0. The molecule has 24 heavy (non-hydrogen) atoms. The molecule has 2 aliphatic carbocycles. The predicted octanol–water partition coefficient (Wildman–Crippen LogP) is 2.12. The van der Waals surface area contributed by atoms with Crippen LogP contribution in [-0.4, -0.2) is 42.1 Å². The van der Waals surface area contributed by atoms with Crippen LogP contribution in [0.3, 0.4) is 0 Å². The van der Waals surface area contributed by atoms with Crippen LogP contribution in [0.2, 0.25) is 0 Å². The summed E-state index contributed by atoms with van der Waals surface area (Å²) in [6.07, 6.45) is 1.89. The zero-order chi connectivity index (χ0) is 18.3. The van der Waals surface area contributed by atoms with Crippen LogP contribution >= 0.6 is 0 Å². The van der Waals surface area contributed by atoms with Crippen LogP contribution in [-0.2, 0) is 23.9 Å². The molecule has 0 bridgehead atoms. The number of ketones is 1. The van der Waals surface area contributed by atoms with Crippen molar-refractivity contribution in [3.05, 3.63) is 0 Å². The number of Topliss-reactive ketones (excluding diaryl/α,β-unsaturated/α-hetero) is 1. The number of esters is 2. The first kappa shape index (κ1) is 20.6. The Bertz CT molecular complexity index is 447. The molecule has 6 heteroatoms. The number of aliphatic hydroxyl groups is 1. The maximum Gasteiger partial charge on any atom is 0.309 e. The molecule has 0 aromatic carbocycles. The molecule has 0 aliphatic heterocycles. The Labute approximate surface area is 143 Å². The van der Waals surface area contributed by atoms with Crippen LogP contribution in [0.15, 0.2) is 0 Å². The molecule has 0 radical (unpaired) electrons. The second-order valence-corrected chi connectivity index (χ2v) is 6.74. The Hall–Kier alpha value is -1.43. The third-order valence-corrected chi connectivity index (χ3v) is 4.72. The molecule has 138 valence electrons. The standard InChI is InChI=1S/C9H16O3.C9H14O3/c2*1-3-12-9(11)8-5-7(10)4-6(8)2/h6-8,10H,3-5H2,1-2H3;6,8H,3-5H2,1-2H3. The summed E-state index contributed by atoms with van der Waals surface area (Å²) in [6.45, 7) is 8.31. The number of rotatable bonds is 4. The van der Waals surface area contributed by atoms with Gasteiger partial charge >= 0.3 is 11.9 Å². The highest BCUT2D eigenvalue weighted by Crippen LogP contribution is 2.32. The predicted molar refractivity (Wildman–Crippen MR) is 88.1 cm³/mol. The molecule has 5 unspecified atom stereocenters. The zero-order valence-electron chi connectivity index (χ0n) is 15.1. The first-order valence-electron chi connectivity index (χ1n) is 8.83. The van der Waals surface area contributed by atoms with Crippen molar-refractivity contribution in [1.29, 1.82) is 0 Å². The van der Waals surface area contributed by atoms with Gasteiger partial charge in [0.05, 0.1) is 31.2 Å². The van der Waals surface area contributed by atoms with Crippen molar-refractivity contribution in [2.75, 3.05) is 13.2 Å². The number of hydrogen-bond acceptors (Lipinski definition) is 6. The lowest BCUT2D eigenvalue weighted by atomic mass is 9.99. The average molecular weight is 342 g/mol. The van der Waals surface area contributed by atoms with Crippen LogP contribution < -0.4 is 0 Å². The lowest BCUT2D eigenvalue weighted by Crippen LogP contribution is -2.19. The summed E-state index contributed by atoms with van der Waals surface area (Å²) in [7, 11) is 0. The molecule has 0 heterocycles. The summed E-state index contributed by atoms with van der Waals surface area (Å²) >= 11 is 0. The second kappa shape index (κ2) is 9.77. The van der Waals surface area contributed by atoms with Gasteiger partial charge in [0.15, 0.2) is 0 Å². The molecule has 2 rings (SSSR count). The maximum absolute atomic E-state index is 11.3. The van der Waals surface area contributed by atoms with E-state index in [9.17, 15) is 19.5 Å². The van der Waals surface area contributed by atoms with Crippen LogP contribution in [0, 0.1) is 23.7 Å². The average Bonchev–Trinajstić information content (AvgIpc) is 3.01. The Kier molecular flexibility index (Phi) is 8.39. The van der Waals surface area contributed by atoms with Gasteiger partial charge in [-0.05, 0) is 38.5 Å². The quantitative estimate of drug-likeness (QED) is 0.787. The summed E-state index contributed by atoms with van der Waals surface area (Å²) in [5, 5.41) is 9.28. The SMILES string of the molecule is CCOC(=O)C1CC(=O)CC1C.CCOC(=O)C1CC(O)CC1C. The van der Waals surface area contributed by atoms with Crippen molar-refractivity contribution >= 4 is 17.7 Å². The van der Waals surface area contributed by atoms with E-state index in [1.807, 2.05) is 13.8 Å². The fourth-order valence-electron chi connectivity index (χ4n) is 3.39. The van der Waals surface area contributed by atoms with Gasteiger partial charge in [-0.2, -0.15) is 0 Å². The van der Waals surface area contributed by atoms with Crippen molar-refractivity contribution < 1.29 is 29.0 Å². The van der Waals surface area contributed by atoms with E-state index in [-0.39, 0.29) is 47.5 Å². The van der Waals surface area contributed by atoms with Gasteiger partial charge in [0.25, 0.3) is 0 Å². The van der Waals surface area contributed by atoms with Crippen molar-refractivity contribution in [3.8, 4) is 0 Å². The molecule has 1 N–H and O–H groups in total. The molecular weight excluding hydrogens is 312 g/mol. The van der Waals surface area contributed by atoms with E-state index in [1.54, 1.807) is 13.8 Å². The van der Waals surface area contributed by atoms with Gasteiger partial charge in [-0.3, -0.25) is 14.4 Å². The Morgan fingerprint density at radius 2 is 1.50 bits per heavy atom. The van der Waals surface area contributed by atoms with Gasteiger partial charge in [-0.25, -0.2) is 0 Å². The fourth-order valence-corrected chi connectivity index (χ4v) is 3.39. The van der Waals surface area contributed by atoms with Crippen LogP contribution in [0.4, 0.5) is 0 Å². The summed E-state index contributed by atoms with van der Waals surface area (Å²) in [4.78, 5) is 33.5. The van der Waals surface area contributed by atoms with Crippen molar-refractivity contribution in [1.82, 2.24) is 0 Å². The van der Waals surface area contributed by atoms with Crippen LogP contribution in [0.1, 0.15) is 53.4 Å². The molecule has 6 nitrogen and oxygen atoms in total. The van der Waals surface area contributed by atoms with Gasteiger partial charge in [-0.15, -0.1) is 0 Å². The summed E-state index contributed by atoms with van der Waals surface area (Å²) in [5.41, 5.74) is 0. The van der Waals surface area contributed by atoms with E-state index in [0.717, 1.165) is 6.42 Å². The Morgan fingerprint density at radius 3 is 1.88 bits per heavy atom. The highest BCUT2D eigenvalue weighted by Gasteiger charge is 2.36. The van der Waals surface area contributed by atoms with E-state index >= 15 is 0 Å². The first-order valence-corrected chi connectivity index (χ1v) is 8.83. The van der Waals surface area contributed by atoms with Crippen LogP contribution in [0.5, 0.6) is 0 Å². The van der Waals surface area contributed by atoms with Gasteiger partial charge in [0, 0.05) is 12.8 Å². The third-order valence-electron chi connectivity index (χ3n) is 4.72. The zero-order valence-corrected chi connectivity index (χ0v) is 15.1. The molecule has 2 fully saturated rings. The minimum absolute atomic E-state index is 0.0834. The number of carbonyl (C=O) groups is 3. The van der Waals surface area contributed by atoms with E-state index in [1.165, 1.54) is 0 Å². The molecule has 2 aliphatic rings. The monoisotopic (exact) mass is 342 g/mol. The number of ether oxygens (including phenoxy) is 2. The summed E-state index contributed by atoms with van der Waals surface area (Å²) < 4.78 is 9.75. The molecular formula is C18H30O6. The Morgan fingerprint density at radius 1 is 0.958 bits per heavy atom. The highest BCUT2D eigenvalue weighted by molar-refractivity contribution is 5.88. The topological polar surface area (TPSA) is 89.9 Å². The lowest BCUT2D eigenvalue weighted by Gasteiger charge is -2.12. The molecule has 2 saturated carbocycles. The summed E-state index contributed by atoms with van der Waals surface area (Å²) in [5.74, 6) is -0.0223. The van der Waals surface area contributed by atoms with Gasteiger partial charge < -0.3 is 14.6 Å². The lowest BCUT2D eigenvalue weighted by molar-refractivity contribution is -0.150. The van der Waals surface area contributed by atoms with E-state index < -0.39 is 0 Å². The number of aliphatic hydroxyl groups excluding tert-OH is 1. The van der Waals surface area contributed by atoms with Crippen molar-refractivity contribution in [3.63, 3.8) is 0 Å². The number of carbonyl (C=O) groups excluding carboxylic acids is 3. The maximum atomic E-state index is 11.3. The number of hydrogen-bond donors (Lipinski definition) is 1. The van der Waals surface area contributed by atoms with E-state index in [4.69, 9.17) is 9.47 Å². The molecule has 5 atom stereocenters. The largest absolute Gasteiger partial charge is 0.466 e. The normalized spacial score (nSPS) is 32.0. The third kappa shape index (κ3) is 5.89. The second-order valence-electron chi connectivity index (χ2n) is 6.74.